The Balaban J connectivity index is 1.37. The van der Waals surface area contributed by atoms with Crippen molar-refractivity contribution in [3.05, 3.63) is 59.9 Å². The molecule has 0 spiro atoms. The van der Waals surface area contributed by atoms with Crippen LogP contribution in [0.2, 0.25) is 0 Å². The highest BCUT2D eigenvalue weighted by molar-refractivity contribution is 5.95. The van der Waals surface area contributed by atoms with Crippen LogP contribution in [0.1, 0.15) is 28.9 Å². The molecule has 0 atom stereocenters. The van der Waals surface area contributed by atoms with Gasteiger partial charge in [-0.3, -0.25) is 14.7 Å². The summed E-state index contributed by atoms with van der Waals surface area (Å²) in [7, 11) is 1.93. The third kappa shape index (κ3) is 3.48. The van der Waals surface area contributed by atoms with E-state index in [0.29, 0.717) is 18.7 Å². The first-order valence-corrected chi connectivity index (χ1v) is 8.96. The maximum atomic E-state index is 12.4. The van der Waals surface area contributed by atoms with Crippen molar-refractivity contribution < 1.29 is 9.59 Å². The zero-order chi connectivity index (χ0) is 18.8. The van der Waals surface area contributed by atoms with Crippen LogP contribution in [-0.4, -0.2) is 33.1 Å². The molecule has 2 amide bonds. The highest BCUT2D eigenvalue weighted by Crippen LogP contribution is 2.21. The zero-order valence-electron chi connectivity index (χ0n) is 15.1. The van der Waals surface area contributed by atoms with Crippen LogP contribution in [0.4, 0.5) is 5.69 Å². The van der Waals surface area contributed by atoms with Gasteiger partial charge in [0.1, 0.15) is 11.4 Å². The van der Waals surface area contributed by atoms with Gasteiger partial charge in [-0.05, 0) is 42.3 Å². The first-order valence-electron chi connectivity index (χ1n) is 8.96. The van der Waals surface area contributed by atoms with Gasteiger partial charge < -0.3 is 14.8 Å². The minimum atomic E-state index is -0.207. The molecule has 0 radical (unpaired) electrons. The van der Waals surface area contributed by atoms with Crippen molar-refractivity contribution in [1.82, 2.24) is 20.1 Å². The second-order valence-corrected chi connectivity index (χ2v) is 6.67. The number of anilines is 1. The molecule has 138 valence electrons. The summed E-state index contributed by atoms with van der Waals surface area (Å²) in [6, 6.07) is 13.3. The summed E-state index contributed by atoms with van der Waals surface area (Å²) in [6.07, 6.45) is 3.46. The molecule has 2 aromatic heterocycles. The summed E-state index contributed by atoms with van der Waals surface area (Å²) in [5, 5.41) is 9.89. The van der Waals surface area contributed by atoms with Crippen LogP contribution in [-0.2, 0) is 18.4 Å². The van der Waals surface area contributed by atoms with Crippen molar-refractivity contribution >= 4 is 17.5 Å². The van der Waals surface area contributed by atoms with Crippen LogP contribution >= 0.6 is 0 Å². The number of benzene rings is 1. The van der Waals surface area contributed by atoms with Crippen LogP contribution in [0.3, 0.4) is 0 Å². The molecule has 1 aliphatic rings. The molecule has 3 heterocycles. The maximum absolute atomic E-state index is 12.4. The summed E-state index contributed by atoms with van der Waals surface area (Å²) >= 11 is 0. The van der Waals surface area contributed by atoms with E-state index < -0.39 is 0 Å². The van der Waals surface area contributed by atoms with Gasteiger partial charge >= 0.3 is 0 Å². The lowest BCUT2D eigenvalue weighted by Gasteiger charge is -2.16. The van der Waals surface area contributed by atoms with E-state index in [1.807, 2.05) is 54.2 Å². The van der Waals surface area contributed by atoms with Gasteiger partial charge in [-0.25, -0.2) is 0 Å². The molecular weight excluding hydrogens is 342 g/mol. The van der Waals surface area contributed by atoms with Gasteiger partial charge in [0.05, 0.1) is 5.69 Å². The monoisotopic (exact) mass is 363 g/mol. The van der Waals surface area contributed by atoms with E-state index in [-0.39, 0.29) is 11.8 Å². The van der Waals surface area contributed by atoms with Crippen molar-refractivity contribution in [2.45, 2.75) is 19.4 Å². The van der Waals surface area contributed by atoms with Crippen molar-refractivity contribution in [1.29, 1.82) is 0 Å². The highest BCUT2D eigenvalue weighted by Gasteiger charge is 2.21. The van der Waals surface area contributed by atoms with Crippen molar-refractivity contribution in [3.63, 3.8) is 0 Å². The summed E-state index contributed by atoms with van der Waals surface area (Å²) in [4.78, 5) is 26.0. The number of aryl methyl sites for hydroxylation is 1. The summed E-state index contributed by atoms with van der Waals surface area (Å²) in [5.41, 5.74) is 3.98. The van der Waals surface area contributed by atoms with E-state index in [1.54, 1.807) is 11.0 Å². The van der Waals surface area contributed by atoms with Gasteiger partial charge in [-0.2, -0.15) is 5.10 Å². The molecule has 27 heavy (non-hydrogen) atoms. The van der Waals surface area contributed by atoms with Gasteiger partial charge in [-0.1, -0.05) is 12.1 Å². The average Bonchev–Trinajstić information content (AvgIpc) is 3.41. The van der Waals surface area contributed by atoms with E-state index >= 15 is 0 Å². The Morgan fingerprint density at radius 1 is 1.26 bits per heavy atom. The number of nitrogens with zero attached hydrogens (tertiary/aromatic N) is 3. The fraction of sp³-hybridized carbons (Fsp3) is 0.250. The molecule has 0 bridgehead atoms. The fourth-order valence-electron chi connectivity index (χ4n) is 3.29. The number of rotatable bonds is 5. The van der Waals surface area contributed by atoms with Crippen molar-refractivity contribution in [2.75, 3.05) is 11.4 Å². The number of aromatic nitrogens is 3. The predicted octanol–water partition coefficient (Wildman–Crippen LogP) is 2.47. The smallest absolute Gasteiger partial charge is 0.269 e. The second kappa shape index (κ2) is 7.11. The highest BCUT2D eigenvalue weighted by atomic mass is 16.2. The number of H-pyrrole nitrogens is 1. The molecule has 1 aromatic carbocycles. The Hall–Kier alpha value is -3.35. The quantitative estimate of drug-likeness (QED) is 0.730. The van der Waals surface area contributed by atoms with Crippen LogP contribution in [0.5, 0.6) is 0 Å². The SMILES string of the molecule is Cn1cccc1-c1cc(C(=O)NCc2ccc(N3CCCC3=O)cc2)[nH]n1. The van der Waals surface area contributed by atoms with Crippen LogP contribution in [0.15, 0.2) is 48.7 Å². The normalized spacial score (nSPS) is 14.0. The second-order valence-electron chi connectivity index (χ2n) is 6.67. The molecule has 7 nitrogen and oxygen atoms in total. The van der Waals surface area contributed by atoms with Crippen LogP contribution in [0, 0.1) is 0 Å². The Morgan fingerprint density at radius 3 is 2.74 bits per heavy atom. The lowest BCUT2D eigenvalue weighted by Crippen LogP contribution is -2.24. The molecule has 7 heteroatoms. The standard InChI is InChI=1S/C20H21N5O2/c1-24-10-2-4-18(24)16-12-17(23-22-16)20(27)21-13-14-6-8-15(9-7-14)25-11-3-5-19(25)26/h2,4,6-10,12H,3,5,11,13H2,1H3,(H,21,27)(H,22,23). The molecule has 2 N–H and O–H groups in total. The average molecular weight is 363 g/mol. The minimum Gasteiger partial charge on any atom is -0.349 e. The first-order chi connectivity index (χ1) is 13.1. The largest absolute Gasteiger partial charge is 0.349 e. The number of hydrogen-bond donors (Lipinski definition) is 2. The van der Waals surface area contributed by atoms with E-state index in [1.165, 1.54) is 0 Å². The first kappa shape index (κ1) is 17.1. The molecule has 4 rings (SSSR count). The van der Waals surface area contributed by atoms with Gasteiger partial charge in [-0.15, -0.1) is 0 Å². The number of carbonyl (C=O) groups is 2. The molecule has 3 aromatic rings. The van der Waals surface area contributed by atoms with Gasteiger partial charge in [0, 0.05) is 38.4 Å². The summed E-state index contributed by atoms with van der Waals surface area (Å²) in [6.45, 7) is 1.18. The third-order valence-electron chi connectivity index (χ3n) is 4.80. The molecular formula is C20H21N5O2. The van der Waals surface area contributed by atoms with E-state index in [0.717, 1.165) is 35.6 Å². The summed E-state index contributed by atoms with van der Waals surface area (Å²) in [5.74, 6) is -0.0360. The van der Waals surface area contributed by atoms with E-state index in [9.17, 15) is 9.59 Å². The topological polar surface area (TPSA) is 83.0 Å². The van der Waals surface area contributed by atoms with Crippen LogP contribution in [0.25, 0.3) is 11.4 Å². The van der Waals surface area contributed by atoms with E-state index in [4.69, 9.17) is 0 Å². The molecule has 0 aliphatic carbocycles. The molecule has 0 saturated carbocycles. The molecule has 1 saturated heterocycles. The number of aromatic amines is 1. The Labute approximate surface area is 157 Å². The number of carbonyl (C=O) groups excluding carboxylic acids is 2. The van der Waals surface area contributed by atoms with Crippen LogP contribution < -0.4 is 10.2 Å². The Bertz CT molecular complexity index is 970. The zero-order valence-corrected chi connectivity index (χ0v) is 15.1. The Kier molecular flexibility index (Phi) is 4.50. The third-order valence-corrected chi connectivity index (χ3v) is 4.80. The molecule has 1 fully saturated rings. The predicted molar refractivity (Wildman–Crippen MR) is 102 cm³/mol. The van der Waals surface area contributed by atoms with Gasteiger partial charge in [0.25, 0.3) is 5.91 Å². The Morgan fingerprint density at radius 2 is 2.07 bits per heavy atom. The maximum Gasteiger partial charge on any atom is 0.269 e. The fourth-order valence-corrected chi connectivity index (χ4v) is 3.29. The lowest BCUT2D eigenvalue weighted by atomic mass is 10.2. The number of nitrogens with one attached hydrogen (secondary N) is 2. The van der Waals surface area contributed by atoms with Crippen molar-refractivity contribution in [2.24, 2.45) is 7.05 Å². The number of hydrogen-bond acceptors (Lipinski definition) is 3. The van der Waals surface area contributed by atoms with Gasteiger partial charge in [0.15, 0.2) is 0 Å². The molecule has 1 aliphatic heterocycles. The number of amides is 2. The van der Waals surface area contributed by atoms with E-state index in [2.05, 4.69) is 15.5 Å². The molecule has 0 unspecified atom stereocenters. The van der Waals surface area contributed by atoms with Crippen molar-refractivity contribution in [3.8, 4) is 11.4 Å². The van der Waals surface area contributed by atoms with Gasteiger partial charge in [0.2, 0.25) is 5.91 Å². The minimum absolute atomic E-state index is 0.171. The lowest BCUT2D eigenvalue weighted by molar-refractivity contribution is -0.117. The summed E-state index contributed by atoms with van der Waals surface area (Å²) < 4.78 is 1.95.